The lowest BCUT2D eigenvalue weighted by Crippen LogP contribution is -2.41. The molecule has 148 valence electrons. The van der Waals surface area contributed by atoms with Crippen molar-refractivity contribution in [1.82, 2.24) is 5.32 Å². The minimum Gasteiger partial charge on any atom is -0.465 e. The molecule has 1 aromatic carbocycles. The number of nitrogens with one attached hydrogen (secondary N) is 1. The molecule has 0 saturated carbocycles. The van der Waals surface area contributed by atoms with Crippen molar-refractivity contribution in [3.05, 3.63) is 58.4 Å². The molecule has 0 bridgehead atoms. The van der Waals surface area contributed by atoms with Crippen LogP contribution in [0.25, 0.3) is 0 Å². The summed E-state index contributed by atoms with van der Waals surface area (Å²) in [5.41, 5.74) is 3.17. The zero-order valence-corrected chi connectivity index (χ0v) is 16.6. The van der Waals surface area contributed by atoms with E-state index in [4.69, 9.17) is 9.47 Å². The summed E-state index contributed by atoms with van der Waals surface area (Å²) in [6.45, 7) is 5.41. The SMILES string of the molecule is COC(=O)c1ccc(C2C(C(=O)OC(C)C)=C(C)NC3=CCCC(=O)C32)cc1. The summed E-state index contributed by atoms with van der Waals surface area (Å²) in [7, 11) is 1.33. The van der Waals surface area contributed by atoms with Crippen LogP contribution in [0.3, 0.4) is 0 Å². The first-order chi connectivity index (χ1) is 13.3. The Hall–Kier alpha value is -2.89. The molecule has 2 atom stereocenters. The summed E-state index contributed by atoms with van der Waals surface area (Å²) < 4.78 is 10.2. The molecule has 28 heavy (non-hydrogen) atoms. The lowest BCUT2D eigenvalue weighted by molar-refractivity contribution is -0.143. The number of hydrogen-bond donors (Lipinski definition) is 1. The molecule has 1 heterocycles. The van der Waals surface area contributed by atoms with Gasteiger partial charge in [-0.15, -0.1) is 0 Å². The molecule has 1 aliphatic heterocycles. The van der Waals surface area contributed by atoms with Gasteiger partial charge in [-0.2, -0.15) is 0 Å². The second kappa shape index (κ2) is 8.00. The van der Waals surface area contributed by atoms with Gasteiger partial charge in [0.05, 0.1) is 30.3 Å². The van der Waals surface area contributed by atoms with Crippen molar-refractivity contribution < 1.29 is 23.9 Å². The summed E-state index contributed by atoms with van der Waals surface area (Å²) in [6, 6.07) is 6.86. The van der Waals surface area contributed by atoms with Crippen molar-refractivity contribution in [2.75, 3.05) is 7.11 Å². The van der Waals surface area contributed by atoms with Gasteiger partial charge in [0, 0.05) is 23.7 Å². The lowest BCUT2D eigenvalue weighted by atomic mass is 9.71. The number of rotatable bonds is 4. The highest BCUT2D eigenvalue weighted by atomic mass is 16.5. The predicted octanol–water partition coefficient (Wildman–Crippen LogP) is 3.25. The monoisotopic (exact) mass is 383 g/mol. The van der Waals surface area contributed by atoms with E-state index in [2.05, 4.69) is 5.32 Å². The normalized spacial score (nSPS) is 21.6. The van der Waals surface area contributed by atoms with Crippen molar-refractivity contribution in [1.29, 1.82) is 0 Å². The number of allylic oxidation sites excluding steroid dienone is 3. The Morgan fingerprint density at radius 3 is 2.39 bits per heavy atom. The fraction of sp³-hybridized carbons (Fsp3) is 0.409. The van der Waals surface area contributed by atoms with Gasteiger partial charge in [-0.1, -0.05) is 18.2 Å². The number of methoxy groups -OCH3 is 1. The third-order valence-electron chi connectivity index (χ3n) is 5.07. The van der Waals surface area contributed by atoms with Crippen molar-refractivity contribution in [2.24, 2.45) is 5.92 Å². The van der Waals surface area contributed by atoms with Crippen LogP contribution in [0.5, 0.6) is 0 Å². The number of hydrogen-bond acceptors (Lipinski definition) is 6. The standard InChI is InChI=1S/C22H25NO5/c1-12(2)28-22(26)18-13(3)23-16-6-5-7-17(24)20(16)19(18)14-8-10-15(11-9-14)21(25)27-4/h6,8-12,19-20,23H,5,7H2,1-4H3. The molecule has 2 aliphatic rings. The lowest BCUT2D eigenvalue weighted by Gasteiger charge is -2.38. The van der Waals surface area contributed by atoms with E-state index in [1.807, 2.05) is 13.0 Å². The third kappa shape index (κ3) is 3.72. The summed E-state index contributed by atoms with van der Waals surface area (Å²) in [5, 5.41) is 3.24. The third-order valence-corrected chi connectivity index (χ3v) is 5.07. The zero-order chi connectivity index (χ0) is 20.4. The van der Waals surface area contributed by atoms with E-state index in [0.29, 0.717) is 29.7 Å². The van der Waals surface area contributed by atoms with Crippen LogP contribution in [0.2, 0.25) is 0 Å². The van der Waals surface area contributed by atoms with Crippen LogP contribution >= 0.6 is 0 Å². The first-order valence-electron chi connectivity index (χ1n) is 9.43. The molecular formula is C22H25NO5. The van der Waals surface area contributed by atoms with Gasteiger partial charge in [0.2, 0.25) is 0 Å². The van der Waals surface area contributed by atoms with Gasteiger partial charge < -0.3 is 14.8 Å². The van der Waals surface area contributed by atoms with Gasteiger partial charge in [-0.25, -0.2) is 9.59 Å². The van der Waals surface area contributed by atoms with Gasteiger partial charge in [0.15, 0.2) is 0 Å². The van der Waals surface area contributed by atoms with E-state index < -0.39 is 23.8 Å². The minimum absolute atomic E-state index is 0.0920. The average molecular weight is 383 g/mol. The molecule has 6 nitrogen and oxygen atoms in total. The Morgan fingerprint density at radius 2 is 1.79 bits per heavy atom. The molecule has 0 radical (unpaired) electrons. The van der Waals surface area contributed by atoms with E-state index in [-0.39, 0.29) is 11.9 Å². The molecular weight excluding hydrogens is 358 g/mol. The molecule has 2 unspecified atom stereocenters. The van der Waals surface area contributed by atoms with Crippen LogP contribution in [-0.4, -0.2) is 30.9 Å². The number of benzene rings is 1. The number of ether oxygens (including phenoxy) is 2. The maximum Gasteiger partial charge on any atom is 0.337 e. The number of esters is 2. The fourth-order valence-electron chi connectivity index (χ4n) is 3.86. The first-order valence-corrected chi connectivity index (χ1v) is 9.43. The van der Waals surface area contributed by atoms with Gasteiger partial charge in [-0.05, 0) is 44.9 Å². The van der Waals surface area contributed by atoms with E-state index in [0.717, 1.165) is 11.3 Å². The number of carbonyl (C=O) groups excluding carboxylic acids is 3. The fourth-order valence-corrected chi connectivity index (χ4v) is 3.86. The van der Waals surface area contributed by atoms with E-state index >= 15 is 0 Å². The van der Waals surface area contributed by atoms with Gasteiger partial charge in [-0.3, -0.25) is 4.79 Å². The van der Waals surface area contributed by atoms with Gasteiger partial charge in [0.1, 0.15) is 5.78 Å². The number of carbonyl (C=O) groups is 3. The topological polar surface area (TPSA) is 81.7 Å². The number of fused-ring (bicyclic) bond motifs is 1. The van der Waals surface area contributed by atoms with Gasteiger partial charge >= 0.3 is 11.9 Å². The second-order valence-corrected chi connectivity index (χ2v) is 7.35. The molecule has 0 amide bonds. The molecule has 3 rings (SSSR count). The Kier molecular flexibility index (Phi) is 5.68. The highest BCUT2D eigenvalue weighted by molar-refractivity contribution is 5.96. The van der Waals surface area contributed by atoms with Crippen molar-refractivity contribution in [2.45, 2.75) is 45.6 Å². The maximum atomic E-state index is 12.9. The Bertz CT molecular complexity index is 863. The zero-order valence-electron chi connectivity index (χ0n) is 16.6. The predicted molar refractivity (Wildman–Crippen MR) is 103 cm³/mol. The molecule has 0 spiro atoms. The Labute approximate surface area is 164 Å². The van der Waals surface area contributed by atoms with Crippen LogP contribution in [0, 0.1) is 5.92 Å². The van der Waals surface area contributed by atoms with Crippen molar-refractivity contribution in [3.8, 4) is 0 Å². The second-order valence-electron chi connectivity index (χ2n) is 7.35. The maximum absolute atomic E-state index is 12.9. The smallest absolute Gasteiger partial charge is 0.337 e. The quantitative estimate of drug-likeness (QED) is 0.804. The van der Waals surface area contributed by atoms with Crippen LogP contribution < -0.4 is 5.32 Å². The van der Waals surface area contributed by atoms with Gasteiger partial charge in [0.25, 0.3) is 0 Å². The summed E-state index contributed by atoms with van der Waals surface area (Å²) >= 11 is 0. The molecule has 0 aromatic heterocycles. The van der Waals surface area contributed by atoms with E-state index in [9.17, 15) is 14.4 Å². The summed E-state index contributed by atoms with van der Waals surface area (Å²) in [6.07, 6.45) is 2.88. The van der Waals surface area contributed by atoms with E-state index in [1.165, 1.54) is 7.11 Å². The summed E-state index contributed by atoms with van der Waals surface area (Å²) in [4.78, 5) is 37.4. The van der Waals surface area contributed by atoms with Crippen LogP contribution in [0.4, 0.5) is 0 Å². The largest absolute Gasteiger partial charge is 0.465 e. The highest BCUT2D eigenvalue weighted by Crippen LogP contribution is 2.43. The Balaban J connectivity index is 2.10. The van der Waals surface area contributed by atoms with Crippen LogP contribution in [0.1, 0.15) is 55.5 Å². The van der Waals surface area contributed by atoms with Crippen LogP contribution in [0.15, 0.2) is 47.3 Å². The first kappa shape index (κ1) is 19.9. The van der Waals surface area contributed by atoms with Crippen LogP contribution in [-0.2, 0) is 19.1 Å². The van der Waals surface area contributed by atoms with Crippen molar-refractivity contribution >= 4 is 17.7 Å². The average Bonchev–Trinajstić information content (AvgIpc) is 2.66. The molecule has 6 heteroatoms. The molecule has 0 fully saturated rings. The molecule has 1 aliphatic carbocycles. The molecule has 1 aromatic rings. The Morgan fingerprint density at radius 1 is 1.11 bits per heavy atom. The minimum atomic E-state index is -0.462. The molecule has 1 N–H and O–H groups in total. The van der Waals surface area contributed by atoms with E-state index in [1.54, 1.807) is 38.1 Å². The number of ketones is 1. The van der Waals surface area contributed by atoms with Crippen molar-refractivity contribution in [3.63, 3.8) is 0 Å². The number of Topliss-reactive ketones (excluding diaryl/α,β-unsaturated/α-hetero) is 1. The summed E-state index contributed by atoms with van der Waals surface area (Å²) in [5.74, 6) is -1.69. The molecule has 0 saturated heterocycles. The highest BCUT2D eigenvalue weighted by Gasteiger charge is 2.43.